The first-order valence-corrected chi connectivity index (χ1v) is 4.55. The summed E-state index contributed by atoms with van der Waals surface area (Å²) in [5.74, 6) is 0.292. The molecule has 17 heavy (non-hydrogen) atoms. The number of hydrogen-bond donors (Lipinski definition) is 0. The lowest BCUT2D eigenvalue weighted by Gasteiger charge is -2.03. The number of imidazole rings is 1. The second-order valence-electron chi connectivity index (χ2n) is 3.02. The van der Waals surface area contributed by atoms with Crippen LogP contribution in [-0.4, -0.2) is 14.5 Å². The fourth-order valence-corrected chi connectivity index (χ4v) is 1.37. The van der Waals surface area contributed by atoms with Crippen LogP contribution in [0.2, 0.25) is 0 Å². The van der Waals surface area contributed by atoms with E-state index in [4.69, 9.17) is 15.8 Å². The van der Waals surface area contributed by atoms with Gasteiger partial charge in [-0.05, 0) is 12.1 Å². The van der Waals surface area contributed by atoms with Gasteiger partial charge in [0.25, 0.3) is 0 Å². The molecule has 0 atom stereocenters. The lowest BCUT2D eigenvalue weighted by atomic mass is 10.2. The van der Waals surface area contributed by atoms with Crippen molar-refractivity contribution in [3.05, 3.63) is 41.6 Å². The number of rotatable bonds is 1. The lowest BCUT2D eigenvalue weighted by molar-refractivity contribution is 0.969. The maximum Gasteiger partial charge on any atom is 0.177 e. The molecule has 0 aliphatic rings. The van der Waals surface area contributed by atoms with E-state index < -0.39 is 0 Å². The summed E-state index contributed by atoms with van der Waals surface area (Å²) < 4.78 is 1.33. The second kappa shape index (κ2) is 4.14. The highest BCUT2D eigenvalue weighted by Crippen LogP contribution is 2.14. The van der Waals surface area contributed by atoms with Gasteiger partial charge in [-0.25, -0.2) is 9.97 Å². The van der Waals surface area contributed by atoms with E-state index in [-0.39, 0.29) is 11.4 Å². The highest BCUT2D eigenvalue weighted by atomic mass is 15.1. The van der Waals surface area contributed by atoms with Crippen molar-refractivity contribution in [1.82, 2.24) is 14.5 Å². The number of nitrogens with zero attached hydrogens (tertiary/aromatic N) is 6. The Morgan fingerprint density at radius 1 is 1.06 bits per heavy atom. The molecule has 6 nitrogen and oxygen atoms in total. The first kappa shape index (κ1) is 10.4. The van der Waals surface area contributed by atoms with E-state index in [2.05, 4.69) is 9.97 Å². The molecule has 2 aromatic rings. The molecule has 0 unspecified atom stereocenters. The summed E-state index contributed by atoms with van der Waals surface area (Å²) in [5.41, 5.74) is 0.399. The molecule has 78 valence electrons. The predicted molar refractivity (Wildman–Crippen MR) is 55.5 cm³/mol. The van der Waals surface area contributed by atoms with Gasteiger partial charge in [-0.3, -0.25) is 4.57 Å². The summed E-state index contributed by atoms with van der Waals surface area (Å²) in [6.45, 7) is 0. The number of hydrogen-bond acceptors (Lipinski definition) is 5. The quantitative estimate of drug-likeness (QED) is 0.709. The van der Waals surface area contributed by atoms with E-state index in [0.29, 0.717) is 11.4 Å². The molecule has 0 aliphatic carbocycles. The van der Waals surface area contributed by atoms with Crippen molar-refractivity contribution >= 4 is 0 Å². The van der Waals surface area contributed by atoms with Crippen LogP contribution in [0.4, 0.5) is 0 Å². The fraction of sp³-hybridized carbons (Fsp3) is 0. The van der Waals surface area contributed by atoms with Crippen molar-refractivity contribution in [3.63, 3.8) is 0 Å². The molecule has 0 saturated carbocycles. The molecule has 0 bridgehead atoms. The van der Waals surface area contributed by atoms with E-state index in [1.165, 1.54) is 17.1 Å². The topological polar surface area (TPSA) is 102 Å². The van der Waals surface area contributed by atoms with Crippen LogP contribution in [0.15, 0.2) is 24.7 Å². The maximum absolute atomic E-state index is 8.97. The van der Waals surface area contributed by atoms with Crippen LogP contribution in [-0.2, 0) is 0 Å². The average molecular weight is 220 g/mol. The third kappa shape index (κ3) is 1.58. The van der Waals surface area contributed by atoms with Gasteiger partial charge in [0.05, 0.1) is 5.56 Å². The summed E-state index contributed by atoms with van der Waals surface area (Å²) in [7, 11) is 0. The van der Waals surface area contributed by atoms with Crippen molar-refractivity contribution in [2.24, 2.45) is 0 Å². The van der Waals surface area contributed by atoms with E-state index in [9.17, 15) is 0 Å². The van der Waals surface area contributed by atoms with Gasteiger partial charge in [-0.2, -0.15) is 15.8 Å². The third-order valence-corrected chi connectivity index (χ3v) is 2.11. The normalized spacial score (nSPS) is 9.00. The van der Waals surface area contributed by atoms with Crippen LogP contribution in [0.1, 0.15) is 17.0 Å². The standard InChI is InChI=1S/C11H4N6/c12-4-8-2-1-3-15-11(8)17-7-16-9(5-13)10(17)6-14/h1-3,7H. The summed E-state index contributed by atoms with van der Waals surface area (Å²) >= 11 is 0. The van der Waals surface area contributed by atoms with Gasteiger partial charge in [-0.15, -0.1) is 0 Å². The molecule has 0 fully saturated rings. The van der Waals surface area contributed by atoms with Crippen molar-refractivity contribution in [2.45, 2.75) is 0 Å². The monoisotopic (exact) mass is 220 g/mol. The van der Waals surface area contributed by atoms with Gasteiger partial charge in [-0.1, -0.05) is 0 Å². The lowest BCUT2D eigenvalue weighted by Crippen LogP contribution is -2.02. The first-order chi connectivity index (χ1) is 8.31. The van der Waals surface area contributed by atoms with Gasteiger partial charge in [0, 0.05) is 6.20 Å². The van der Waals surface area contributed by atoms with Gasteiger partial charge < -0.3 is 0 Å². The molecular weight excluding hydrogens is 216 g/mol. The largest absolute Gasteiger partial charge is 0.272 e. The van der Waals surface area contributed by atoms with E-state index >= 15 is 0 Å². The third-order valence-electron chi connectivity index (χ3n) is 2.11. The second-order valence-corrected chi connectivity index (χ2v) is 3.02. The molecule has 0 aromatic carbocycles. The minimum atomic E-state index is 0.0158. The number of pyridine rings is 1. The van der Waals surface area contributed by atoms with E-state index in [1.54, 1.807) is 12.1 Å². The molecule has 2 aromatic heterocycles. The zero-order valence-electron chi connectivity index (χ0n) is 8.49. The Bertz CT molecular complexity index is 692. The summed E-state index contributed by atoms with van der Waals surface area (Å²) in [4.78, 5) is 7.80. The van der Waals surface area contributed by atoms with Gasteiger partial charge >= 0.3 is 0 Å². The van der Waals surface area contributed by atoms with Crippen LogP contribution in [0.25, 0.3) is 5.82 Å². The smallest absolute Gasteiger partial charge is 0.177 e. The molecular formula is C11H4N6. The van der Waals surface area contributed by atoms with E-state index in [1.807, 2.05) is 18.2 Å². The highest BCUT2D eigenvalue weighted by molar-refractivity contribution is 5.48. The molecule has 2 rings (SSSR count). The van der Waals surface area contributed by atoms with Crippen LogP contribution < -0.4 is 0 Å². The molecule has 0 N–H and O–H groups in total. The van der Waals surface area contributed by atoms with Gasteiger partial charge in [0.15, 0.2) is 17.2 Å². The van der Waals surface area contributed by atoms with Gasteiger partial charge in [0.2, 0.25) is 0 Å². The molecule has 6 heteroatoms. The maximum atomic E-state index is 8.97. The minimum absolute atomic E-state index is 0.0158. The molecule has 2 heterocycles. The Labute approximate surface area is 96.6 Å². The van der Waals surface area contributed by atoms with Crippen LogP contribution in [0.3, 0.4) is 0 Å². The minimum Gasteiger partial charge on any atom is -0.272 e. The molecule has 0 aliphatic heterocycles. The predicted octanol–water partition coefficient (Wildman–Crippen LogP) is 0.882. The Hall–Kier alpha value is -3.17. The summed E-state index contributed by atoms with van der Waals surface area (Å²) in [6, 6.07) is 8.85. The number of nitriles is 3. The van der Waals surface area contributed by atoms with Crippen molar-refractivity contribution in [1.29, 1.82) is 15.8 Å². The average Bonchev–Trinajstić information content (AvgIpc) is 2.81. The SMILES string of the molecule is N#Cc1cccnc1-n1cnc(C#N)c1C#N. The molecule has 0 saturated heterocycles. The molecule has 0 spiro atoms. The molecule has 0 radical (unpaired) electrons. The number of aromatic nitrogens is 3. The van der Waals surface area contributed by atoms with Crippen molar-refractivity contribution < 1.29 is 0 Å². The summed E-state index contributed by atoms with van der Waals surface area (Å²) in [6.07, 6.45) is 2.81. The first-order valence-electron chi connectivity index (χ1n) is 4.55. The van der Waals surface area contributed by atoms with Crippen molar-refractivity contribution in [2.75, 3.05) is 0 Å². The zero-order valence-corrected chi connectivity index (χ0v) is 8.49. The Morgan fingerprint density at radius 3 is 2.53 bits per heavy atom. The summed E-state index contributed by atoms with van der Waals surface area (Å²) in [5, 5.41) is 26.7. The van der Waals surface area contributed by atoms with E-state index in [0.717, 1.165) is 0 Å². The Balaban J connectivity index is 2.72. The van der Waals surface area contributed by atoms with Crippen LogP contribution >= 0.6 is 0 Å². The Kier molecular flexibility index (Phi) is 2.52. The highest BCUT2D eigenvalue weighted by Gasteiger charge is 2.14. The zero-order chi connectivity index (χ0) is 12.3. The fourth-order valence-electron chi connectivity index (χ4n) is 1.37. The van der Waals surface area contributed by atoms with Crippen LogP contribution in [0, 0.1) is 34.0 Å². The Morgan fingerprint density at radius 2 is 1.88 bits per heavy atom. The van der Waals surface area contributed by atoms with Gasteiger partial charge in [0.1, 0.15) is 24.5 Å². The molecule has 0 amide bonds. The van der Waals surface area contributed by atoms with Crippen molar-refractivity contribution in [3.8, 4) is 24.0 Å². The van der Waals surface area contributed by atoms with Crippen LogP contribution in [0.5, 0.6) is 0 Å².